The molecule has 16 heavy (non-hydrogen) atoms. The Hall–Kier alpha value is -0.450. The van der Waals surface area contributed by atoms with Gasteiger partial charge in [-0.3, -0.25) is 4.99 Å². The van der Waals surface area contributed by atoms with E-state index in [2.05, 4.69) is 24.2 Å². The molecular weight excluding hydrogens is 202 g/mol. The lowest BCUT2D eigenvalue weighted by molar-refractivity contribution is 0.126. The molecule has 4 nitrogen and oxygen atoms in total. The van der Waals surface area contributed by atoms with Gasteiger partial charge in [-0.05, 0) is 25.3 Å². The third-order valence-electron chi connectivity index (χ3n) is 2.53. The molecule has 4 heteroatoms. The van der Waals surface area contributed by atoms with Crippen molar-refractivity contribution in [2.24, 2.45) is 16.6 Å². The molecule has 2 atom stereocenters. The number of nitrogens with one attached hydrogen (secondary N) is 1. The van der Waals surface area contributed by atoms with Crippen LogP contribution in [0.2, 0.25) is 0 Å². The summed E-state index contributed by atoms with van der Waals surface area (Å²) in [6.07, 6.45) is 4.17. The molecule has 0 saturated carbocycles. The Balaban J connectivity index is 3.81. The fraction of sp³-hybridized carbons (Fsp3) is 0.917. The van der Waals surface area contributed by atoms with E-state index in [1.807, 2.05) is 13.3 Å². The predicted octanol–water partition coefficient (Wildman–Crippen LogP) is 1.06. The molecule has 0 aliphatic heterocycles. The molecule has 0 radical (unpaired) electrons. The minimum Gasteiger partial charge on any atom is -0.380 e. The fourth-order valence-corrected chi connectivity index (χ4v) is 1.51. The van der Waals surface area contributed by atoms with E-state index in [1.165, 1.54) is 0 Å². The summed E-state index contributed by atoms with van der Waals surface area (Å²) in [4.78, 5) is 4.11. The molecule has 0 heterocycles. The molecule has 0 fully saturated rings. The van der Waals surface area contributed by atoms with Crippen LogP contribution in [0.4, 0.5) is 0 Å². The van der Waals surface area contributed by atoms with Gasteiger partial charge in [-0.15, -0.1) is 0 Å². The molecule has 0 aromatic rings. The van der Waals surface area contributed by atoms with Crippen molar-refractivity contribution in [3.63, 3.8) is 0 Å². The Morgan fingerprint density at radius 1 is 1.44 bits per heavy atom. The van der Waals surface area contributed by atoms with E-state index in [-0.39, 0.29) is 0 Å². The molecule has 96 valence electrons. The van der Waals surface area contributed by atoms with Gasteiger partial charge in [0.25, 0.3) is 0 Å². The average molecular weight is 229 g/mol. The Bertz CT molecular complexity index is 174. The highest BCUT2D eigenvalue weighted by Gasteiger charge is 2.13. The normalized spacial score (nSPS) is 15.5. The molecule has 0 aliphatic carbocycles. The van der Waals surface area contributed by atoms with Crippen LogP contribution >= 0.6 is 0 Å². The van der Waals surface area contributed by atoms with Gasteiger partial charge in [0.2, 0.25) is 0 Å². The van der Waals surface area contributed by atoms with Crippen molar-refractivity contribution in [2.45, 2.75) is 32.7 Å². The first-order chi connectivity index (χ1) is 7.76. The number of aliphatic imine (C=N–C) groups is 1. The van der Waals surface area contributed by atoms with Crippen molar-refractivity contribution in [2.75, 3.05) is 33.4 Å². The summed E-state index contributed by atoms with van der Waals surface area (Å²) in [5.74, 6) is 0.535. The second-order valence-electron chi connectivity index (χ2n) is 4.05. The van der Waals surface area contributed by atoms with Crippen LogP contribution in [0.25, 0.3) is 0 Å². The van der Waals surface area contributed by atoms with Crippen LogP contribution in [0.1, 0.15) is 26.7 Å². The second kappa shape index (κ2) is 11.0. The SMILES string of the molecule is CCCNC(C=NC)[C@@H](C)CCOCCN. The largest absolute Gasteiger partial charge is 0.380 e. The first-order valence-electron chi connectivity index (χ1n) is 6.19. The molecule has 0 amide bonds. The molecule has 0 spiro atoms. The number of hydrogen-bond donors (Lipinski definition) is 2. The third-order valence-corrected chi connectivity index (χ3v) is 2.53. The summed E-state index contributed by atoms with van der Waals surface area (Å²) in [6.45, 7) is 7.46. The number of nitrogens with zero attached hydrogens (tertiary/aromatic N) is 1. The van der Waals surface area contributed by atoms with Crippen molar-refractivity contribution in [3.8, 4) is 0 Å². The zero-order chi connectivity index (χ0) is 12.2. The van der Waals surface area contributed by atoms with Gasteiger partial charge < -0.3 is 15.8 Å². The van der Waals surface area contributed by atoms with Gasteiger partial charge in [-0.2, -0.15) is 0 Å². The molecule has 0 saturated heterocycles. The van der Waals surface area contributed by atoms with Crippen molar-refractivity contribution >= 4 is 6.21 Å². The topological polar surface area (TPSA) is 59.6 Å². The van der Waals surface area contributed by atoms with Crippen LogP contribution in [-0.2, 0) is 4.74 Å². The summed E-state index contributed by atoms with van der Waals surface area (Å²) < 4.78 is 5.39. The Kier molecular flexibility index (Phi) is 10.7. The van der Waals surface area contributed by atoms with E-state index in [0.717, 1.165) is 26.0 Å². The van der Waals surface area contributed by atoms with Crippen LogP contribution in [0.5, 0.6) is 0 Å². The number of ether oxygens (including phenoxy) is 1. The number of nitrogens with two attached hydrogens (primary N) is 1. The lowest BCUT2D eigenvalue weighted by Gasteiger charge is -2.21. The lowest BCUT2D eigenvalue weighted by atomic mass is 9.99. The van der Waals surface area contributed by atoms with E-state index < -0.39 is 0 Å². The smallest absolute Gasteiger partial charge is 0.0588 e. The summed E-state index contributed by atoms with van der Waals surface area (Å²) in [5, 5.41) is 3.48. The first kappa shape index (κ1) is 15.6. The highest BCUT2D eigenvalue weighted by atomic mass is 16.5. The third kappa shape index (κ3) is 7.79. The standard InChI is InChI=1S/C12H27N3O/c1-4-7-15-12(10-14-3)11(2)5-8-16-9-6-13/h10-12,15H,4-9,13H2,1-3H3/t11-,12?/m0/s1. The number of hydrogen-bond acceptors (Lipinski definition) is 4. The zero-order valence-corrected chi connectivity index (χ0v) is 10.9. The van der Waals surface area contributed by atoms with Gasteiger partial charge in [0.05, 0.1) is 6.61 Å². The number of rotatable bonds is 10. The van der Waals surface area contributed by atoms with Crippen LogP contribution in [0, 0.1) is 5.92 Å². The van der Waals surface area contributed by atoms with Gasteiger partial charge in [-0.1, -0.05) is 13.8 Å². The summed E-state index contributed by atoms with van der Waals surface area (Å²) in [7, 11) is 1.82. The van der Waals surface area contributed by atoms with Gasteiger partial charge in [0, 0.05) is 32.5 Å². The fourth-order valence-electron chi connectivity index (χ4n) is 1.51. The monoisotopic (exact) mass is 229 g/mol. The van der Waals surface area contributed by atoms with E-state index in [9.17, 15) is 0 Å². The Morgan fingerprint density at radius 3 is 2.75 bits per heavy atom. The molecule has 0 rings (SSSR count). The van der Waals surface area contributed by atoms with Crippen molar-refractivity contribution in [1.82, 2.24) is 5.32 Å². The van der Waals surface area contributed by atoms with E-state index in [4.69, 9.17) is 10.5 Å². The molecule has 0 aliphatic rings. The predicted molar refractivity (Wildman–Crippen MR) is 70.2 cm³/mol. The zero-order valence-electron chi connectivity index (χ0n) is 10.9. The average Bonchev–Trinajstić information content (AvgIpc) is 2.29. The lowest BCUT2D eigenvalue weighted by Crippen LogP contribution is -2.37. The summed E-state index contributed by atoms with van der Waals surface area (Å²) >= 11 is 0. The van der Waals surface area contributed by atoms with Crippen LogP contribution < -0.4 is 11.1 Å². The summed E-state index contributed by atoms with van der Waals surface area (Å²) in [6, 6.07) is 0.353. The summed E-state index contributed by atoms with van der Waals surface area (Å²) in [5.41, 5.74) is 5.36. The van der Waals surface area contributed by atoms with Gasteiger partial charge in [-0.25, -0.2) is 0 Å². The van der Waals surface area contributed by atoms with E-state index in [0.29, 0.717) is 25.1 Å². The maximum atomic E-state index is 5.39. The first-order valence-corrected chi connectivity index (χ1v) is 6.19. The molecular formula is C12H27N3O. The van der Waals surface area contributed by atoms with Crippen molar-refractivity contribution < 1.29 is 4.74 Å². The van der Waals surface area contributed by atoms with Crippen LogP contribution in [-0.4, -0.2) is 45.6 Å². The minimum absolute atomic E-state index is 0.353. The molecule has 0 aromatic carbocycles. The van der Waals surface area contributed by atoms with Gasteiger partial charge in [0.15, 0.2) is 0 Å². The van der Waals surface area contributed by atoms with E-state index in [1.54, 1.807) is 0 Å². The highest BCUT2D eigenvalue weighted by molar-refractivity contribution is 5.64. The van der Waals surface area contributed by atoms with Crippen LogP contribution in [0.15, 0.2) is 4.99 Å². The maximum absolute atomic E-state index is 5.39. The molecule has 0 aromatic heterocycles. The Labute approximate surface area is 99.7 Å². The molecule has 0 bridgehead atoms. The quantitative estimate of drug-likeness (QED) is 0.435. The Morgan fingerprint density at radius 2 is 2.19 bits per heavy atom. The van der Waals surface area contributed by atoms with Gasteiger partial charge in [0.1, 0.15) is 0 Å². The van der Waals surface area contributed by atoms with Gasteiger partial charge >= 0.3 is 0 Å². The van der Waals surface area contributed by atoms with E-state index >= 15 is 0 Å². The minimum atomic E-state index is 0.353. The van der Waals surface area contributed by atoms with Crippen LogP contribution in [0.3, 0.4) is 0 Å². The molecule has 3 N–H and O–H groups in total. The highest BCUT2D eigenvalue weighted by Crippen LogP contribution is 2.07. The maximum Gasteiger partial charge on any atom is 0.0588 e. The molecule has 1 unspecified atom stereocenters. The second-order valence-corrected chi connectivity index (χ2v) is 4.05. The van der Waals surface area contributed by atoms with Crippen molar-refractivity contribution in [1.29, 1.82) is 0 Å². The van der Waals surface area contributed by atoms with Crippen molar-refractivity contribution in [3.05, 3.63) is 0 Å².